The first-order valence-electron chi connectivity index (χ1n) is 10.5. The van der Waals surface area contributed by atoms with Crippen LogP contribution in [0.25, 0.3) is 11.0 Å². The third-order valence-electron chi connectivity index (χ3n) is 5.42. The third-order valence-corrected chi connectivity index (χ3v) is 5.42. The molecule has 1 atom stereocenters. The molecule has 170 valence electrons. The molecule has 0 saturated heterocycles. The lowest BCUT2D eigenvalue weighted by Gasteiger charge is -2.28. The van der Waals surface area contributed by atoms with E-state index in [-0.39, 0.29) is 23.6 Å². The van der Waals surface area contributed by atoms with Crippen LogP contribution in [0.3, 0.4) is 0 Å². The van der Waals surface area contributed by atoms with E-state index in [0.717, 1.165) is 5.39 Å². The summed E-state index contributed by atoms with van der Waals surface area (Å²) in [6.07, 6.45) is 0. The molecule has 2 heterocycles. The van der Waals surface area contributed by atoms with E-state index in [1.165, 1.54) is 11.8 Å². The van der Waals surface area contributed by atoms with Crippen molar-refractivity contribution < 1.29 is 28.6 Å². The first kappa shape index (κ1) is 22.3. The summed E-state index contributed by atoms with van der Waals surface area (Å²) >= 11 is 0. The second kappa shape index (κ2) is 8.91. The van der Waals surface area contributed by atoms with Crippen molar-refractivity contribution in [1.82, 2.24) is 9.80 Å². The molecule has 0 bridgehead atoms. The number of ketones is 1. The number of fused-ring (bicyclic) bond motifs is 1. The Balaban J connectivity index is 1.79. The first-order valence-corrected chi connectivity index (χ1v) is 10.5. The van der Waals surface area contributed by atoms with Crippen LogP contribution in [0.1, 0.15) is 29.1 Å². The number of ether oxygens (including phenoxy) is 1. The Kier molecular flexibility index (Phi) is 6.02. The van der Waals surface area contributed by atoms with Gasteiger partial charge in [-0.25, -0.2) is 0 Å². The van der Waals surface area contributed by atoms with Gasteiger partial charge in [0.05, 0.1) is 11.6 Å². The quantitative estimate of drug-likeness (QED) is 0.335. The number of hydrogen-bond donors (Lipinski definition) is 1. The van der Waals surface area contributed by atoms with Gasteiger partial charge in [-0.1, -0.05) is 30.3 Å². The molecule has 0 fully saturated rings. The largest absolute Gasteiger partial charge is 0.503 e. The summed E-state index contributed by atoms with van der Waals surface area (Å²) in [6.45, 7) is 2.08. The predicted octanol–water partition coefficient (Wildman–Crippen LogP) is 3.50. The van der Waals surface area contributed by atoms with Gasteiger partial charge in [-0.3, -0.25) is 14.4 Å². The molecule has 1 N–H and O–H groups in total. The monoisotopic (exact) mass is 448 g/mol. The number of amides is 1. The average molecular weight is 448 g/mol. The molecule has 2 aromatic carbocycles. The van der Waals surface area contributed by atoms with E-state index in [1.807, 2.05) is 31.1 Å². The molecule has 1 aliphatic heterocycles. The number of benzene rings is 2. The molecular formula is C25H24N2O6. The lowest BCUT2D eigenvalue weighted by Crippen LogP contribution is -2.36. The van der Waals surface area contributed by atoms with Crippen LogP contribution >= 0.6 is 0 Å². The Labute approximate surface area is 190 Å². The summed E-state index contributed by atoms with van der Waals surface area (Å²) in [7, 11) is 3.73. The van der Waals surface area contributed by atoms with Gasteiger partial charge in [0.1, 0.15) is 11.3 Å². The van der Waals surface area contributed by atoms with Gasteiger partial charge in [0, 0.05) is 25.4 Å². The Morgan fingerprint density at radius 2 is 1.88 bits per heavy atom. The number of Topliss-reactive ketones (excluding diaryl/α,β-unsaturated/α-hetero) is 1. The summed E-state index contributed by atoms with van der Waals surface area (Å²) < 4.78 is 10.9. The first-order chi connectivity index (χ1) is 15.8. The molecule has 1 amide bonds. The lowest BCUT2D eigenvalue weighted by molar-refractivity contribution is -0.132. The zero-order valence-electron chi connectivity index (χ0n) is 18.6. The number of hydrogen-bond acceptors (Lipinski definition) is 7. The zero-order valence-corrected chi connectivity index (χ0v) is 18.6. The summed E-state index contributed by atoms with van der Waals surface area (Å²) in [6, 6.07) is 14.5. The molecule has 1 aromatic heterocycles. The smallest absolute Gasteiger partial charge is 0.308 e. The van der Waals surface area contributed by atoms with E-state index < -0.39 is 29.5 Å². The molecule has 33 heavy (non-hydrogen) atoms. The number of aliphatic hydroxyl groups is 1. The SMILES string of the molecule is CC(=O)Oc1cccc(C2C(C(=O)c3cc4ccccc4o3)=C(O)C(=O)N2CCN(C)C)c1. The number of nitrogens with zero attached hydrogens (tertiary/aromatic N) is 2. The van der Waals surface area contributed by atoms with Gasteiger partial charge >= 0.3 is 5.97 Å². The van der Waals surface area contributed by atoms with E-state index in [2.05, 4.69) is 0 Å². The van der Waals surface area contributed by atoms with Crippen LogP contribution in [0.15, 0.2) is 70.3 Å². The van der Waals surface area contributed by atoms with Gasteiger partial charge in [-0.2, -0.15) is 0 Å². The maximum Gasteiger partial charge on any atom is 0.308 e. The highest BCUT2D eigenvalue weighted by atomic mass is 16.5. The molecule has 1 unspecified atom stereocenters. The topological polar surface area (TPSA) is 100 Å². The molecule has 4 rings (SSSR count). The van der Waals surface area contributed by atoms with Crippen molar-refractivity contribution in [3.8, 4) is 5.75 Å². The van der Waals surface area contributed by atoms with E-state index in [0.29, 0.717) is 17.7 Å². The summed E-state index contributed by atoms with van der Waals surface area (Å²) in [4.78, 5) is 41.3. The zero-order chi connectivity index (χ0) is 23.7. The van der Waals surface area contributed by atoms with Crippen LogP contribution < -0.4 is 4.74 Å². The number of likely N-dealkylation sites (N-methyl/N-ethyl adjacent to an activating group) is 1. The number of aliphatic hydroxyl groups excluding tert-OH is 1. The van der Waals surface area contributed by atoms with Crippen molar-refractivity contribution in [3.63, 3.8) is 0 Å². The maximum absolute atomic E-state index is 13.5. The number of furan rings is 1. The minimum absolute atomic E-state index is 0.0288. The van der Waals surface area contributed by atoms with Gasteiger partial charge in [0.25, 0.3) is 5.91 Å². The maximum atomic E-state index is 13.5. The number of esters is 1. The molecule has 1 aliphatic rings. The summed E-state index contributed by atoms with van der Waals surface area (Å²) in [5.74, 6) is -2.01. The van der Waals surface area contributed by atoms with Crippen molar-refractivity contribution in [3.05, 3.63) is 77.3 Å². The van der Waals surface area contributed by atoms with Crippen LogP contribution in [0.4, 0.5) is 0 Å². The molecule has 0 saturated carbocycles. The van der Waals surface area contributed by atoms with Gasteiger partial charge in [-0.15, -0.1) is 0 Å². The fraction of sp³-hybridized carbons (Fsp3) is 0.240. The Morgan fingerprint density at radius 3 is 2.58 bits per heavy atom. The number of carbonyl (C=O) groups excluding carboxylic acids is 3. The molecule has 3 aromatic rings. The highest BCUT2D eigenvalue weighted by Gasteiger charge is 2.44. The van der Waals surface area contributed by atoms with Gasteiger partial charge in [0.15, 0.2) is 11.5 Å². The molecule has 0 aliphatic carbocycles. The molecule has 8 heteroatoms. The predicted molar refractivity (Wildman–Crippen MR) is 121 cm³/mol. The number of para-hydroxylation sites is 1. The number of rotatable bonds is 7. The Bertz CT molecular complexity index is 1240. The van der Waals surface area contributed by atoms with Crippen molar-refractivity contribution in [2.45, 2.75) is 13.0 Å². The standard InChI is InChI=1S/C25H24N2O6/c1-15(28)32-18-9-6-8-17(13-18)22-21(24(30)25(31)27(22)12-11-26(2)3)23(29)20-14-16-7-4-5-10-19(16)33-20/h4-10,13-14,22,30H,11-12H2,1-3H3. The average Bonchev–Trinajstić information content (AvgIpc) is 3.31. The second-order valence-corrected chi connectivity index (χ2v) is 8.11. The fourth-order valence-electron chi connectivity index (χ4n) is 3.91. The van der Waals surface area contributed by atoms with Gasteiger partial charge in [0.2, 0.25) is 5.78 Å². The number of carbonyl (C=O) groups is 3. The minimum Gasteiger partial charge on any atom is -0.503 e. The third kappa shape index (κ3) is 4.38. The lowest BCUT2D eigenvalue weighted by atomic mass is 9.95. The highest BCUT2D eigenvalue weighted by Crippen LogP contribution is 2.40. The summed E-state index contributed by atoms with van der Waals surface area (Å²) in [5, 5.41) is 11.5. The van der Waals surface area contributed by atoms with Crippen molar-refractivity contribution in [2.24, 2.45) is 0 Å². The van der Waals surface area contributed by atoms with Gasteiger partial charge < -0.3 is 24.1 Å². The second-order valence-electron chi connectivity index (χ2n) is 8.11. The van der Waals surface area contributed by atoms with Crippen LogP contribution in [0.5, 0.6) is 5.75 Å². The molecule has 0 spiro atoms. The van der Waals surface area contributed by atoms with Crippen LogP contribution in [0, 0.1) is 0 Å². The van der Waals surface area contributed by atoms with Crippen LogP contribution in [0.2, 0.25) is 0 Å². The van der Waals surface area contributed by atoms with Crippen molar-refractivity contribution in [1.29, 1.82) is 0 Å². The molecule has 0 radical (unpaired) electrons. The minimum atomic E-state index is -0.867. The van der Waals surface area contributed by atoms with E-state index >= 15 is 0 Å². The normalized spacial score (nSPS) is 16.2. The Hall–Kier alpha value is -3.91. The highest BCUT2D eigenvalue weighted by molar-refractivity contribution is 6.16. The molecular weight excluding hydrogens is 424 g/mol. The molecule has 8 nitrogen and oxygen atoms in total. The van der Waals surface area contributed by atoms with Crippen LogP contribution in [-0.2, 0) is 9.59 Å². The van der Waals surface area contributed by atoms with Crippen molar-refractivity contribution >= 4 is 28.6 Å². The van der Waals surface area contributed by atoms with Crippen molar-refractivity contribution in [2.75, 3.05) is 27.2 Å². The Morgan fingerprint density at radius 1 is 1.12 bits per heavy atom. The van der Waals surface area contributed by atoms with E-state index in [4.69, 9.17) is 9.15 Å². The van der Waals surface area contributed by atoms with E-state index in [9.17, 15) is 19.5 Å². The summed E-state index contributed by atoms with van der Waals surface area (Å²) in [5.41, 5.74) is 0.991. The fourth-order valence-corrected chi connectivity index (χ4v) is 3.91. The van der Waals surface area contributed by atoms with Gasteiger partial charge in [-0.05, 0) is 43.9 Å². The van der Waals surface area contributed by atoms with E-state index in [1.54, 1.807) is 42.5 Å². The van der Waals surface area contributed by atoms with Crippen LogP contribution in [-0.4, -0.2) is 59.8 Å².